The fraction of sp³-hybridized carbons (Fsp3) is 0.550. The van der Waals surface area contributed by atoms with Crippen molar-refractivity contribution in [3.63, 3.8) is 0 Å². The van der Waals surface area contributed by atoms with Gasteiger partial charge in [0.15, 0.2) is 5.16 Å². The van der Waals surface area contributed by atoms with Gasteiger partial charge in [0.2, 0.25) is 5.91 Å². The van der Waals surface area contributed by atoms with Crippen molar-refractivity contribution in [2.75, 3.05) is 30.8 Å². The maximum Gasteiger partial charge on any atom is 0.223 e. The fourth-order valence-corrected chi connectivity index (χ4v) is 5.29. The number of anilines is 1. The summed E-state index contributed by atoms with van der Waals surface area (Å²) in [6.07, 6.45) is 5.83. The SMILES string of the molecule is CSc1nc(C)cc(N2CCC(CC(=O)N3CCc4sccc4C3)CC2)n1. The molecule has 0 radical (unpaired) electrons. The summed E-state index contributed by atoms with van der Waals surface area (Å²) in [6, 6.07) is 4.24. The lowest BCUT2D eigenvalue weighted by molar-refractivity contribution is -0.133. The minimum Gasteiger partial charge on any atom is -0.356 e. The zero-order chi connectivity index (χ0) is 18.8. The molecule has 7 heteroatoms. The molecule has 144 valence electrons. The first kappa shape index (κ1) is 18.7. The molecule has 0 bridgehead atoms. The maximum atomic E-state index is 12.8. The van der Waals surface area contributed by atoms with Gasteiger partial charge in [-0.2, -0.15) is 0 Å². The van der Waals surface area contributed by atoms with Gasteiger partial charge >= 0.3 is 0 Å². The van der Waals surface area contributed by atoms with Crippen molar-refractivity contribution in [3.05, 3.63) is 33.6 Å². The van der Waals surface area contributed by atoms with E-state index in [1.807, 2.05) is 24.5 Å². The third-order valence-electron chi connectivity index (χ3n) is 5.56. The van der Waals surface area contributed by atoms with Gasteiger partial charge in [0.05, 0.1) is 0 Å². The number of amides is 1. The Morgan fingerprint density at radius 2 is 2.11 bits per heavy atom. The van der Waals surface area contributed by atoms with Crippen LogP contribution in [0.4, 0.5) is 5.82 Å². The predicted octanol–water partition coefficient (Wildman–Crippen LogP) is 3.76. The molecule has 1 fully saturated rings. The molecule has 5 nitrogen and oxygen atoms in total. The summed E-state index contributed by atoms with van der Waals surface area (Å²) in [6.45, 7) is 5.64. The van der Waals surface area contributed by atoms with Crippen molar-refractivity contribution in [2.24, 2.45) is 5.92 Å². The molecule has 0 N–H and O–H groups in total. The van der Waals surface area contributed by atoms with E-state index < -0.39 is 0 Å². The molecule has 0 atom stereocenters. The molecule has 2 aromatic heterocycles. The van der Waals surface area contributed by atoms with Crippen LogP contribution in [0.2, 0.25) is 0 Å². The number of nitrogens with zero attached hydrogens (tertiary/aromatic N) is 4. The summed E-state index contributed by atoms with van der Waals surface area (Å²) in [5, 5.41) is 2.98. The van der Waals surface area contributed by atoms with Crippen molar-refractivity contribution in [2.45, 2.75) is 44.3 Å². The zero-order valence-corrected chi connectivity index (χ0v) is 17.6. The van der Waals surface area contributed by atoms with Crippen LogP contribution < -0.4 is 4.90 Å². The van der Waals surface area contributed by atoms with Gasteiger partial charge in [0, 0.05) is 49.2 Å². The van der Waals surface area contributed by atoms with E-state index in [4.69, 9.17) is 0 Å². The number of thiophene rings is 1. The zero-order valence-electron chi connectivity index (χ0n) is 16.0. The Hall–Kier alpha value is -1.60. The highest BCUT2D eigenvalue weighted by atomic mass is 32.2. The van der Waals surface area contributed by atoms with Crippen molar-refractivity contribution in [1.29, 1.82) is 0 Å². The molecule has 0 aliphatic carbocycles. The van der Waals surface area contributed by atoms with Crippen LogP contribution in [0.25, 0.3) is 0 Å². The summed E-state index contributed by atoms with van der Waals surface area (Å²) in [4.78, 5) is 27.7. The summed E-state index contributed by atoms with van der Waals surface area (Å²) in [5.74, 6) is 1.84. The second-order valence-corrected chi connectivity index (χ2v) is 9.20. The predicted molar refractivity (Wildman–Crippen MR) is 112 cm³/mol. The number of thioether (sulfide) groups is 1. The molecule has 27 heavy (non-hydrogen) atoms. The lowest BCUT2D eigenvalue weighted by Crippen LogP contribution is -2.39. The van der Waals surface area contributed by atoms with E-state index in [0.29, 0.717) is 18.2 Å². The van der Waals surface area contributed by atoms with Gasteiger partial charge < -0.3 is 9.80 Å². The van der Waals surface area contributed by atoms with Crippen molar-refractivity contribution < 1.29 is 4.79 Å². The molecule has 2 aliphatic rings. The van der Waals surface area contributed by atoms with Crippen LogP contribution in [-0.4, -0.2) is 46.7 Å². The van der Waals surface area contributed by atoms with Crippen LogP contribution in [0.1, 0.15) is 35.4 Å². The van der Waals surface area contributed by atoms with Crippen LogP contribution in [0, 0.1) is 12.8 Å². The number of hydrogen-bond donors (Lipinski definition) is 0. The van der Waals surface area contributed by atoms with Gasteiger partial charge in [-0.15, -0.1) is 11.3 Å². The molecule has 4 heterocycles. The Balaban J connectivity index is 1.31. The van der Waals surface area contributed by atoms with E-state index >= 15 is 0 Å². The van der Waals surface area contributed by atoms with Crippen molar-refractivity contribution in [1.82, 2.24) is 14.9 Å². The normalized spacial score (nSPS) is 17.9. The highest BCUT2D eigenvalue weighted by Gasteiger charge is 2.27. The molecule has 2 aromatic rings. The average molecular weight is 403 g/mol. The number of aryl methyl sites for hydroxylation is 1. The van der Waals surface area contributed by atoms with Gasteiger partial charge in [0.1, 0.15) is 5.82 Å². The van der Waals surface area contributed by atoms with Crippen molar-refractivity contribution >= 4 is 34.8 Å². The van der Waals surface area contributed by atoms with E-state index in [0.717, 1.165) is 62.1 Å². The maximum absolute atomic E-state index is 12.8. The second-order valence-electron chi connectivity index (χ2n) is 7.42. The van der Waals surface area contributed by atoms with Crippen LogP contribution in [-0.2, 0) is 17.8 Å². The van der Waals surface area contributed by atoms with Crippen LogP contribution in [0.3, 0.4) is 0 Å². The molecule has 0 spiro atoms. The summed E-state index contributed by atoms with van der Waals surface area (Å²) in [7, 11) is 0. The van der Waals surface area contributed by atoms with E-state index in [1.165, 1.54) is 10.4 Å². The molecule has 2 aliphatic heterocycles. The van der Waals surface area contributed by atoms with Gasteiger partial charge in [-0.05, 0) is 55.4 Å². The van der Waals surface area contributed by atoms with Crippen LogP contribution >= 0.6 is 23.1 Å². The highest BCUT2D eigenvalue weighted by molar-refractivity contribution is 7.98. The van der Waals surface area contributed by atoms with E-state index in [-0.39, 0.29) is 0 Å². The first-order valence-electron chi connectivity index (χ1n) is 9.60. The molecular weight excluding hydrogens is 376 g/mol. The number of rotatable bonds is 4. The minimum atomic E-state index is 0.327. The quantitative estimate of drug-likeness (QED) is 0.576. The molecule has 0 unspecified atom stereocenters. The topological polar surface area (TPSA) is 49.3 Å². The second kappa shape index (κ2) is 8.19. The van der Waals surface area contributed by atoms with E-state index in [2.05, 4.69) is 37.3 Å². The number of carbonyl (C=O) groups excluding carboxylic acids is 1. The Kier molecular flexibility index (Phi) is 5.68. The minimum absolute atomic E-state index is 0.327. The number of fused-ring (bicyclic) bond motifs is 1. The van der Waals surface area contributed by atoms with E-state index in [1.54, 1.807) is 11.8 Å². The number of hydrogen-bond acceptors (Lipinski definition) is 6. The molecule has 4 rings (SSSR count). The summed E-state index contributed by atoms with van der Waals surface area (Å²) >= 11 is 3.40. The van der Waals surface area contributed by atoms with Crippen LogP contribution in [0.5, 0.6) is 0 Å². The Bertz CT molecular complexity index is 814. The smallest absolute Gasteiger partial charge is 0.223 e. The first-order valence-corrected chi connectivity index (χ1v) is 11.7. The Morgan fingerprint density at radius 3 is 2.89 bits per heavy atom. The lowest BCUT2D eigenvalue weighted by Gasteiger charge is -2.34. The monoisotopic (exact) mass is 402 g/mol. The first-order chi connectivity index (χ1) is 13.1. The van der Waals surface area contributed by atoms with E-state index in [9.17, 15) is 4.79 Å². The lowest BCUT2D eigenvalue weighted by atomic mass is 9.92. The third-order valence-corrected chi connectivity index (χ3v) is 7.14. The standard InChI is InChI=1S/C20H26N4OS2/c1-14-11-18(22-20(21-14)26-2)23-7-3-15(4-8-23)12-19(25)24-9-5-17-16(13-24)6-10-27-17/h6,10-11,15H,3-5,7-9,12-13H2,1-2H3. The number of carbonyl (C=O) groups is 1. The van der Waals surface area contributed by atoms with Gasteiger partial charge in [-0.3, -0.25) is 4.79 Å². The molecule has 1 amide bonds. The third kappa shape index (κ3) is 4.29. The number of aromatic nitrogens is 2. The molecular formula is C20H26N4OS2. The van der Waals surface area contributed by atoms with Gasteiger partial charge in [-0.1, -0.05) is 11.8 Å². The van der Waals surface area contributed by atoms with Gasteiger partial charge in [-0.25, -0.2) is 9.97 Å². The summed E-state index contributed by atoms with van der Waals surface area (Å²) < 4.78 is 0. The average Bonchev–Trinajstić information content (AvgIpc) is 3.15. The molecule has 0 aromatic carbocycles. The highest BCUT2D eigenvalue weighted by Crippen LogP contribution is 2.28. The van der Waals surface area contributed by atoms with Crippen molar-refractivity contribution in [3.8, 4) is 0 Å². The fourth-order valence-electron chi connectivity index (χ4n) is 3.98. The van der Waals surface area contributed by atoms with Gasteiger partial charge in [0.25, 0.3) is 0 Å². The Labute approximate surface area is 169 Å². The number of piperidine rings is 1. The largest absolute Gasteiger partial charge is 0.356 e. The Morgan fingerprint density at radius 1 is 1.30 bits per heavy atom. The summed E-state index contributed by atoms with van der Waals surface area (Å²) in [5.41, 5.74) is 2.36. The van der Waals surface area contributed by atoms with Crippen LogP contribution in [0.15, 0.2) is 22.7 Å². The molecule has 1 saturated heterocycles. The molecule has 0 saturated carbocycles.